The molecule has 30 heavy (non-hydrogen) atoms. The largest absolute Gasteiger partial charge is 0.449 e. The highest BCUT2D eigenvalue weighted by molar-refractivity contribution is 7.99. The number of unbranched alkanes of at least 4 members (excludes halogenated alkanes) is 1. The number of amides is 1. The van der Waals surface area contributed by atoms with Crippen molar-refractivity contribution in [1.82, 2.24) is 4.90 Å². The summed E-state index contributed by atoms with van der Waals surface area (Å²) in [6.07, 6.45) is 6.87. The van der Waals surface area contributed by atoms with Gasteiger partial charge >= 0.3 is 6.09 Å². The molecule has 0 aromatic heterocycles. The highest BCUT2D eigenvalue weighted by Crippen LogP contribution is 2.47. The molecule has 2 rings (SSSR count). The Morgan fingerprint density at radius 2 is 1.87 bits per heavy atom. The van der Waals surface area contributed by atoms with E-state index in [1.54, 1.807) is 16.7 Å². The molecule has 0 radical (unpaired) electrons. The predicted molar refractivity (Wildman–Crippen MR) is 125 cm³/mol. The zero-order chi connectivity index (χ0) is 22.1. The maximum absolute atomic E-state index is 11.8. The van der Waals surface area contributed by atoms with Gasteiger partial charge in [-0.1, -0.05) is 20.3 Å². The molecule has 1 N–H and O–H groups in total. The van der Waals surface area contributed by atoms with Crippen LogP contribution in [0.5, 0.6) is 0 Å². The standard InChI is InChI=1S/C24H45NO4S/c1-6-25(7-2)24(27)28-14-8-9-15-30-23(26)19(5)21-12-10-17(3)20-13-11-18(4)29-16-22(20)21/h17-23,26H,6-16H2,1-5H3/t17-,18?,19?,20+,21+,22?,23+/m1/s1. The molecule has 1 saturated heterocycles. The average molecular weight is 444 g/mol. The Labute approximate surface area is 188 Å². The Morgan fingerprint density at radius 1 is 1.13 bits per heavy atom. The highest BCUT2D eigenvalue weighted by atomic mass is 32.2. The van der Waals surface area contributed by atoms with Crippen molar-refractivity contribution in [3.63, 3.8) is 0 Å². The van der Waals surface area contributed by atoms with Crippen LogP contribution in [0.1, 0.15) is 73.1 Å². The molecule has 7 atom stereocenters. The molecule has 1 aliphatic heterocycles. The Bertz CT molecular complexity index is 502. The van der Waals surface area contributed by atoms with E-state index in [1.165, 1.54) is 25.7 Å². The average Bonchev–Trinajstić information content (AvgIpc) is 2.93. The molecule has 6 heteroatoms. The maximum atomic E-state index is 11.8. The fraction of sp³-hybridized carbons (Fsp3) is 0.958. The molecular formula is C24H45NO4S. The lowest BCUT2D eigenvalue weighted by Gasteiger charge is -2.44. The first-order chi connectivity index (χ1) is 14.4. The fourth-order valence-corrected chi connectivity index (χ4v) is 6.43. The summed E-state index contributed by atoms with van der Waals surface area (Å²) in [4.78, 5) is 13.5. The molecule has 0 aromatic carbocycles. The quantitative estimate of drug-likeness (QED) is 0.361. The number of carbonyl (C=O) groups excluding carboxylic acids is 1. The van der Waals surface area contributed by atoms with Gasteiger partial charge in [0, 0.05) is 13.1 Å². The molecule has 0 aromatic rings. The third kappa shape index (κ3) is 7.30. The van der Waals surface area contributed by atoms with Crippen molar-refractivity contribution in [2.75, 3.05) is 32.1 Å². The van der Waals surface area contributed by atoms with E-state index in [0.29, 0.717) is 37.6 Å². The van der Waals surface area contributed by atoms with E-state index >= 15 is 0 Å². The number of hydrogen-bond acceptors (Lipinski definition) is 5. The van der Waals surface area contributed by atoms with Crippen LogP contribution in [0.2, 0.25) is 0 Å². The smallest absolute Gasteiger partial charge is 0.409 e. The van der Waals surface area contributed by atoms with Gasteiger partial charge in [0.1, 0.15) is 5.44 Å². The van der Waals surface area contributed by atoms with Crippen LogP contribution in [0.15, 0.2) is 0 Å². The van der Waals surface area contributed by atoms with Crippen molar-refractivity contribution < 1.29 is 19.4 Å². The summed E-state index contributed by atoms with van der Waals surface area (Å²) in [5, 5.41) is 10.9. The molecule has 176 valence electrons. The molecule has 5 nitrogen and oxygen atoms in total. The number of aliphatic hydroxyl groups excluding tert-OH is 1. The van der Waals surface area contributed by atoms with Crippen LogP contribution in [0.25, 0.3) is 0 Å². The Balaban J connectivity index is 1.72. The minimum atomic E-state index is -0.331. The number of fused-ring (bicyclic) bond motifs is 1. The van der Waals surface area contributed by atoms with Gasteiger partial charge in [-0.05, 0) is 88.2 Å². The van der Waals surface area contributed by atoms with Crippen LogP contribution in [0.3, 0.4) is 0 Å². The third-order valence-corrected chi connectivity index (χ3v) is 8.76. The van der Waals surface area contributed by atoms with Crippen LogP contribution >= 0.6 is 11.8 Å². The Kier molecular flexibility index (Phi) is 11.3. The van der Waals surface area contributed by atoms with E-state index in [2.05, 4.69) is 20.8 Å². The summed E-state index contributed by atoms with van der Waals surface area (Å²) >= 11 is 1.66. The molecular weight excluding hydrogens is 398 g/mol. The van der Waals surface area contributed by atoms with E-state index in [9.17, 15) is 9.90 Å². The third-order valence-electron chi connectivity index (χ3n) is 7.47. The Hall–Kier alpha value is -0.460. The van der Waals surface area contributed by atoms with E-state index in [1.807, 2.05) is 13.8 Å². The second-order valence-corrected chi connectivity index (χ2v) is 10.6. The minimum Gasteiger partial charge on any atom is -0.449 e. The van der Waals surface area contributed by atoms with Gasteiger partial charge in [0.15, 0.2) is 0 Å². The maximum Gasteiger partial charge on any atom is 0.409 e. The minimum absolute atomic E-state index is 0.220. The van der Waals surface area contributed by atoms with Gasteiger partial charge in [-0.2, -0.15) is 0 Å². The zero-order valence-corrected chi connectivity index (χ0v) is 20.7. The van der Waals surface area contributed by atoms with E-state index in [4.69, 9.17) is 9.47 Å². The van der Waals surface area contributed by atoms with Gasteiger partial charge in [-0.3, -0.25) is 0 Å². The summed E-state index contributed by atoms with van der Waals surface area (Å²) in [7, 11) is 0. The molecule has 1 aliphatic carbocycles. The van der Waals surface area contributed by atoms with Crippen molar-refractivity contribution in [1.29, 1.82) is 0 Å². The second kappa shape index (κ2) is 13.2. The number of aliphatic hydroxyl groups is 1. The lowest BCUT2D eigenvalue weighted by Crippen LogP contribution is -2.41. The van der Waals surface area contributed by atoms with Crippen molar-refractivity contribution in [2.24, 2.45) is 29.6 Å². The highest BCUT2D eigenvalue weighted by Gasteiger charge is 2.42. The number of rotatable bonds is 10. The van der Waals surface area contributed by atoms with Gasteiger partial charge in [-0.15, -0.1) is 11.8 Å². The first kappa shape index (κ1) is 25.8. The van der Waals surface area contributed by atoms with Gasteiger partial charge in [0.25, 0.3) is 0 Å². The number of hydrogen-bond donors (Lipinski definition) is 1. The molecule has 0 bridgehead atoms. The first-order valence-electron chi connectivity index (χ1n) is 12.2. The van der Waals surface area contributed by atoms with Crippen molar-refractivity contribution >= 4 is 17.9 Å². The van der Waals surface area contributed by atoms with Crippen molar-refractivity contribution in [3.8, 4) is 0 Å². The van der Waals surface area contributed by atoms with Crippen molar-refractivity contribution in [2.45, 2.75) is 84.7 Å². The number of thioether (sulfide) groups is 1. The van der Waals surface area contributed by atoms with Gasteiger partial charge in [0.05, 0.1) is 19.3 Å². The molecule has 1 heterocycles. The molecule has 2 fully saturated rings. The Morgan fingerprint density at radius 3 is 2.57 bits per heavy atom. The topological polar surface area (TPSA) is 59.0 Å². The van der Waals surface area contributed by atoms with E-state index in [0.717, 1.165) is 37.0 Å². The summed E-state index contributed by atoms with van der Waals surface area (Å²) in [6.45, 7) is 13.4. The molecule has 3 unspecified atom stereocenters. The van der Waals surface area contributed by atoms with Crippen LogP contribution in [0.4, 0.5) is 4.79 Å². The predicted octanol–water partition coefficient (Wildman–Crippen LogP) is 5.41. The van der Waals surface area contributed by atoms with Crippen LogP contribution in [-0.2, 0) is 9.47 Å². The molecule has 1 saturated carbocycles. The molecule has 0 spiro atoms. The zero-order valence-electron chi connectivity index (χ0n) is 19.8. The van der Waals surface area contributed by atoms with E-state index in [-0.39, 0.29) is 17.4 Å². The van der Waals surface area contributed by atoms with Crippen LogP contribution < -0.4 is 0 Å². The van der Waals surface area contributed by atoms with Crippen LogP contribution in [0, 0.1) is 29.6 Å². The van der Waals surface area contributed by atoms with E-state index < -0.39 is 0 Å². The van der Waals surface area contributed by atoms with Crippen molar-refractivity contribution in [3.05, 3.63) is 0 Å². The van der Waals surface area contributed by atoms with Gasteiger partial charge < -0.3 is 19.5 Å². The molecule has 1 amide bonds. The summed E-state index contributed by atoms with van der Waals surface area (Å²) < 4.78 is 11.5. The second-order valence-electron chi connectivity index (χ2n) is 9.38. The summed E-state index contributed by atoms with van der Waals surface area (Å²) in [5.41, 5.74) is -0.331. The normalized spacial score (nSPS) is 31.3. The molecule has 2 aliphatic rings. The number of nitrogens with zero attached hydrogens (tertiary/aromatic N) is 1. The summed E-state index contributed by atoms with van der Waals surface area (Å²) in [6, 6.07) is 0. The summed E-state index contributed by atoms with van der Waals surface area (Å²) in [5.74, 6) is 3.84. The fourth-order valence-electron chi connectivity index (χ4n) is 5.31. The monoisotopic (exact) mass is 443 g/mol. The lowest BCUT2D eigenvalue weighted by atomic mass is 9.63. The van der Waals surface area contributed by atoms with Crippen LogP contribution in [-0.4, -0.2) is 59.7 Å². The lowest BCUT2D eigenvalue weighted by molar-refractivity contribution is -0.0201. The number of ether oxygens (including phenoxy) is 2. The van der Waals surface area contributed by atoms with Gasteiger partial charge in [0.2, 0.25) is 0 Å². The SMILES string of the molecule is CCN(CC)C(=O)OCCCCS[C@H](O)C(C)[C@@H]1CC[C@@H](C)[C@@H]2CCC(C)OCC12. The first-order valence-corrected chi connectivity index (χ1v) is 13.3. The number of carbonyl (C=O) groups is 1. The van der Waals surface area contributed by atoms with Gasteiger partial charge in [-0.25, -0.2) is 4.79 Å².